The van der Waals surface area contributed by atoms with Crippen molar-refractivity contribution in [1.29, 1.82) is 0 Å². The van der Waals surface area contributed by atoms with Crippen molar-refractivity contribution in [2.45, 2.75) is 45.1 Å². The highest BCUT2D eigenvalue weighted by atomic mass is 32.2. The third-order valence-corrected chi connectivity index (χ3v) is 6.18. The van der Waals surface area contributed by atoms with Crippen molar-refractivity contribution in [1.82, 2.24) is 4.31 Å². The molecule has 2 aliphatic rings. The molecule has 2 fully saturated rings. The van der Waals surface area contributed by atoms with Crippen LogP contribution in [0.25, 0.3) is 0 Å². The number of sulfonamides is 1. The van der Waals surface area contributed by atoms with Gasteiger partial charge in [-0.25, -0.2) is 8.42 Å². The van der Waals surface area contributed by atoms with Gasteiger partial charge in [0, 0.05) is 12.6 Å². The standard InChI is InChI=1S/C11H19NO4S/c1-2-12-9-5-3-4-6-11(9,10(13)14)7-8-17(12,15)16/h9H,2-8H2,1H3,(H,13,14)/t9-,11-/m1/s1. The van der Waals surface area contributed by atoms with Gasteiger partial charge in [-0.1, -0.05) is 19.8 Å². The molecule has 0 aromatic rings. The molecule has 98 valence electrons. The molecule has 2 atom stereocenters. The Morgan fingerprint density at radius 1 is 1.41 bits per heavy atom. The molecule has 6 heteroatoms. The lowest BCUT2D eigenvalue weighted by Gasteiger charge is -2.49. The van der Waals surface area contributed by atoms with Crippen LogP contribution < -0.4 is 0 Å². The molecule has 0 bridgehead atoms. The van der Waals surface area contributed by atoms with Gasteiger partial charge in [0.05, 0.1) is 11.2 Å². The van der Waals surface area contributed by atoms with Crippen molar-refractivity contribution < 1.29 is 18.3 Å². The van der Waals surface area contributed by atoms with Crippen molar-refractivity contribution in [3.63, 3.8) is 0 Å². The summed E-state index contributed by atoms with van der Waals surface area (Å²) >= 11 is 0. The van der Waals surface area contributed by atoms with Crippen molar-refractivity contribution in [3.8, 4) is 0 Å². The van der Waals surface area contributed by atoms with Gasteiger partial charge >= 0.3 is 5.97 Å². The number of hydrogen-bond acceptors (Lipinski definition) is 3. The van der Waals surface area contributed by atoms with Crippen LogP contribution in [-0.2, 0) is 14.8 Å². The number of carboxylic acids is 1. The summed E-state index contributed by atoms with van der Waals surface area (Å²) in [6.45, 7) is 2.16. The Labute approximate surface area is 102 Å². The van der Waals surface area contributed by atoms with Crippen molar-refractivity contribution >= 4 is 16.0 Å². The largest absolute Gasteiger partial charge is 0.481 e. The predicted octanol–water partition coefficient (Wildman–Crippen LogP) is 1.06. The van der Waals surface area contributed by atoms with Gasteiger partial charge in [0.25, 0.3) is 0 Å². The minimum atomic E-state index is -3.25. The third-order valence-electron chi connectivity index (χ3n) is 4.24. The van der Waals surface area contributed by atoms with E-state index in [-0.39, 0.29) is 18.2 Å². The van der Waals surface area contributed by atoms with Crippen LogP contribution in [0.5, 0.6) is 0 Å². The van der Waals surface area contributed by atoms with Gasteiger partial charge in [0.15, 0.2) is 0 Å². The zero-order chi connectivity index (χ0) is 12.7. The molecule has 1 heterocycles. The Morgan fingerprint density at radius 3 is 2.71 bits per heavy atom. The fraction of sp³-hybridized carbons (Fsp3) is 0.909. The van der Waals surface area contributed by atoms with Gasteiger partial charge < -0.3 is 5.11 Å². The number of fused-ring (bicyclic) bond motifs is 1. The predicted molar refractivity (Wildman–Crippen MR) is 63.1 cm³/mol. The average Bonchev–Trinajstić information content (AvgIpc) is 2.28. The SMILES string of the molecule is CCN1[C@@H]2CCCC[C@@]2(C(=O)O)CCS1(=O)=O. The van der Waals surface area contributed by atoms with Crippen LogP contribution in [0.3, 0.4) is 0 Å². The maximum Gasteiger partial charge on any atom is 0.311 e. The van der Waals surface area contributed by atoms with E-state index in [9.17, 15) is 18.3 Å². The molecule has 5 nitrogen and oxygen atoms in total. The molecule has 1 N–H and O–H groups in total. The third kappa shape index (κ3) is 1.87. The summed E-state index contributed by atoms with van der Waals surface area (Å²) < 4.78 is 25.4. The Hall–Kier alpha value is -0.620. The van der Waals surface area contributed by atoms with Gasteiger partial charge in [-0.05, 0) is 19.3 Å². The highest BCUT2D eigenvalue weighted by molar-refractivity contribution is 7.89. The van der Waals surface area contributed by atoms with Crippen LogP contribution >= 0.6 is 0 Å². The Balaban J connectivity index is 2.42. The topological polar surface area (TPSA) is 74.7 Å². The smallest absolute Gasteiger partial charge is 0.311 e. The molecule has 0 aromatic heterocycles. The van der Waals surface area contributed by atoms with Crippen LogP contribution in [0.15, 0.2) is 0 Å². The molecule has 0 amide bonds. The normalized spacial score (nSPS) is 37.4. The van der Waals surface area contributed by atoms with Gasteiger partial charge in [-0.2, -0.15) is 4.31 Å². The lowest BCUT2D eigenvalue weighted by Crippen LogP contribution is -2.60. The zero-order valence-corrected chi connectivity index (χ0v) is 10.9. The number of carboxylic acid groups (broad SMARTS) is 1. The summed E-state index contributed by atoms with van der Waals surface area (Å²) in [7, 11) is -3.25. The van der Waals surface area contributed by atoms with Crippen LogP contribution in [0, 0.1) is 5.41 Å². The molecule has 0 unspecified atom stereocenters. The van der Waals surface area contributed by atoms with E-state index in [1.165, 1.54) is 4.31 Å². The summed E-state index contributed by atoms with van der Waals surface area (Å²) in [5, 5.41) is 9.49. The Bertz CT molecular complexity index is 419. The molecule has 0 radical (unpaired) electrons. The first kappa shape index (κ1) is 12.8. The highest BCUT2D eigenvalue weighted by Gasteiger charge is 2.55. The second kappa shape index (κ2) is 4.24. The quantitative estimate of drug-likeness (QED) is 0.806. The molecule has 0 spiro atoms. The lowest BCUT2D eigenvalue weighted by molar-refractivity contribution is -0.155. The maximum absolute atomic E-state index is 12.0. The van der Waals surface area contributed by atoms with Crippen molar-refractivity contribution in [2.24, 2.45) is 5.41 Å². The lowest BCUT2D eigenvalue weighted by atomic mass is 9.68. The number of nitrogens with zero attached hydrogens (tertiary/aromatic N) is 1. The Morgan fingerprint density at radius 2 is 2.12 bits per heavy atom. The first-order valence-corrected chi connectivity index (χ1v) is 7.78. The summed E-state index contributed by atoms with van der Waals surface area (Å²) in [4.78, 5) is 11.6. The number of carbonyl (C=O) groups is 1. The van der Waals surface area contributed by atoms with E-state index in [1.807, 2.05) is 0 Å². The molecule has 2 rings (SSSR count). The van der Waals surface area contributed by atoms with E-state index in [0.717, 1.165) is 12.8 Å². The summed E-state index contributed by atoms with van der Waals surface area (Å²) in [5.74, 6) is -0.848. The minimum Gasteiger partial charge on any atom is -0.481 e. The molecule has 1 aliphatic carbocycles. The highest BCUT2D eigenvalue weighted by Crippen LogP contribution is 2.46. The van der Waals surface area contributed by atoms with E-state index >= 15 is 0 Å². The van der Waals surface area contributed by atoms with Crippen LogP contribution in [0.4, 0.5) is 0 Å². The van der Waals surface area contributed by atoms with Crippen molar-refractivity contribution in [3.05, 3.63) is 0 Å². The number of rotatable bonds is 2. The molecule has 1 saturated carbocycles. The number of hydrogen-bond donors (Lipinski definition) is 1. The first-order chi connectivity index (χ1) is 7.94. The summed E-state index contributed by atoms with van der Waals surface area (Å²) in [6, 6.07) is -0.336. The summed E-state index contributed by atoms with van der Waals surface area (Å²) in [5.41, 5.74) is -0.834. The van der Waals surface area contributed by atoms with E-state index in [1.54, 1.807) is 6.92 Å². The molecular formula is C11H19NO4S. The van der Waals surface area contributed by atoms with Gasteiger partial charge in [0.1, 0.15) is 0 Å². The minimum absolute atomic E-state index is 0.0242. The second-order valence-electron chi connectivity index (χ2n) is 4.99. The molecule has 0 aromatic carbocycles. The van der Waals surface area contributed by atoms with E-state index in [0.29, 0.717) is 19.4 Å². The van der Waals surface area contributed by atoms with E-state index in [4.69, 9.17) is 0 Å². The van der Waals surface area contributed by atoms with Gasteiger partial charge in [-0.15, -0.1) is 0 Å². The van der Waals surface area contributed by atoms with Gasteiger partial charge in [-0.3, -0.25) is 4.79 Å². The monoisotopic (exact) mass is 261 g/mol. The maximum atomic E-state index is 12.0. The van der Waals surface area contributed by atoms with Gasteiger partial charge in [0.2, 0.25) is 10.0 Å². The van der Waals surface area contributed by atoms with Crippen LogP contribution in [-0.4, -0.2) is 42.1 Å². The number of aliphatic carboxylic acids is 1. The average molecular weight is 261 g/mol. The molecule has 17 heavy (non-hydrogen) atoms. The summed E-state index contributed by atoms with van der Waals surface area (Å²) in [6.07, 6.45) is 3.37. The molecular weight excluding hydrogens is 242 g/mol. The fourth-order valence-electron chi connectivity index (χ4n) is 3.33. The molecule has 1 saturated heterocycles. The van der Waals surface area contributed by atoms with E-state index < -0.39 is 21.4 Å². The van der Waals surface area contributed by atoms with Crippen LogP contribution in [0.1, 0.15) is 39.0 Å². The zero-order valence-electron chi connectivity index (χ0n) is 10.1. The first-order valence-electron chi connectivity index (χ1n) is 6.17. The fourth-order valence-corrected chi connectivity index (χ4v) is 5.27. The second-order valence-corrected chi connectivity index (χ2v) is 7.03. The van der Waals surface area contributed by atoms with Crippen molar-refractivity contribution in [2.75, 3.05) is 12.3 Å². The van der Waals surface area contributed by atoms with Crippen LogP contribution in [0.2, 0.25) is 0 Å². The Kier molecular flexibility index (Phi) is 3.20. The molecule has 1 aliphatic heterocycles. The van der Waals surface area contributed by atoms with E-state index in [2.05, 4.69) is 0 Å².